The second-order valence-electron chi connectivity index (χ2n) is 3.76. The van der Waals surface area contributed by atoms with Crippen LogP contribution in [-0.2, 0) is 20.0 Å². The fraction of sp³-hybridized carbons (Fsp3) is 0.400. The summed E-state index contributed by atoms with van der Waals surface area (Å²) >= 11 is 0. The van der Waals surface area contributed by atoms with Crippen molar-refractivity contribution in [3.63, 3.8) is 0 Å². The molecule has 0 fully saturated rings. The van der Waals surface area contributed by atoms with E-state index in [2.05, 4.69) is 30.9 Å². The summed E-state index contributed by atoms with van der Waals surface area (Å²) in [5, 5.41) is 11.0. The average Bonchev–Trinajstić information content (AvgIpc) is 2.81. The van der Waals surface area contributed by atoms with Crippen molar-refractivity contribution in [2.24, 2.45) is 12.9 Å². The number of anilines is 2. The molecule has 4 N–H and O–H groups in total. The van der Waals surface area contributed by atoms with Crippen LogP contribution in [0.4, 0.5) is 11.6 Å². The van der Waals surface area contributed by atoms with Gasteiger partial charge in [0.15, 0.2) is 5.82 Å². The zero-order valence-corrected chi connectivity index (χ0v) is 10.4. The van der Waals surface area contributed by atoms with E-state index in [0.717, 1.165) is 23.6 Å². The standard InChI is InChI=1S/C10H16N8/c1-3-7-9(13-5-14-10(7)16-11)12-4-8-17-15-6-18(8)2/h5-6H,3-4,11H2,1-2H3,(H2,12,13,14,16). The normalized spacial score (nSPS) is 10.4. The third-order valence-corrected chi connectivity index (χ3v) is 2.65. The Morgan fingerprint density at radius 1 is 1.33 bits per heavy atom. The summed E-state index contributed by atoms with van der Waals surface area (Å²) in [5.74, 6) is 7.63. The molecule has 2 aromatic heterocycles. The van der Waals surface area contributed by atoms with Crippen LogP contribution in [0.2, 0.25) is 0 Å². The molecule has 96 valence electrons. The minimum absolute atomic E-state index is 0.546. The van der Waals surface area contributed by atoms with Crippen molar-refractivity contribution < 1.29 is 0 Å². The minimum Gasteiger partial charge on any atom is -0.362 e. The zero-order chi connectivity index (χ0) is 13.0. The monoisotopic (exact) mass is 248 g/mol. The molecule has 0 atom stereocenters. The Hall–Kier alpha value is -2.22. The van der Waals surface area contributed by atoms with Gasteiger partial charge in [-0.1, -0.05) is 6.92 Å². The largest absolute Gasteiger partial charge is 0.362 e. The Kier molecular flexibility index (Phi) is 3.68. The Morgan fingerprint density at radius 2 is 2.11 bits per heavy atom. The van der Waals surface area contributed by atoms with Crippen LogP contribution >= 0.6 is 0 Å². The molecule has 2 aromatic rings. The zero-order valence-electron chi connectivity index (χ0n) is 10.4. The lowest BCUT2D eigenvalue weighted by atomic mass is 10.2. The Balaban J connectivity index is 2.16. The third kappa shape index (κ3) is 2.38. The summed E-state index contributed by atoms with van der Waals surface area (Å²) in [6, 6.07) is 0. The molecular weight excluding hydrogens is 232 g/mol. The number of nitrogens with one attached hydrogen (secondary N) is 2. The predicted molar refractivity (Wildman–Crippen MR) is 67.5 cm³/mol. The Bertz CT molecular complexity index is 520. The summed E-state index contributed by atoms with van der Waals surface area (Å²) in [5.41, 5.74) is 3.51. The number of aryl methyl sites for hydroxylation is 1. The second-order valence-corrected chi connectivity index (χ2v) is 3.76. The molecule has 0 radical (unpaired) electrons. The molecule has 0 amide bonds. The average molecular weight is 248 g/mol. The molecule has 0 aliphatic carbocycles. The molecule has 8 heteroatoms. The van der Waals surface area contributed by atoms with Crippen molar-refractivity contribution in [3.05, 3.63) is 24.0 Å². The number of aromatic nitrogens is 5. The van der Waals surface area contributed by atoms with Crippen LogP contribution in [0.25, 0.3) is 0 Å². The molecule has 0 unspecified atom stereocenters. The molecule has 0 spiro atoms. The van der Waals surface area contributed by atoms with Crippen molar-refractivity contribution in [2.75, 3.05) is 10.7 Å². The van der Waals surface area contributed by atoms with E-state index in [1.54, 1.807) is 6.33 Å². The first-order valence-corrected chi connectivity index (χ1v) is 5.63. The van der Waals surface area contributed by atoms with Crippen LogP contribution in [0.5, 0.6) is 0 Å². The van der Waals surface area contributed by atoms with Crippen molar-refractivity contribution >= 4 is 11.6 Å². The van der Waals surface area contributed by atoms with Crippen LogP contribution in [-0.4, -0.2) is 24.7 Å². The topological polar surface area (TPSA) is 107 Å². The molecule has 18 heavy (non-hydrogen) atoms. The number of nitrogens with two attached hydrogens (primary N) is 1. The maximum Gasteiger partial charge on any atom is 0.151 e. The highest BCUT2D eigenvalue weighted by molar-refractivity contribution is 5.56. The van der Waals surface area contributed by atoms with Crippen LogP contribution in [0, 0.1) is 0 Å². The van der Waals surface area contributed by atoms with Crippen molar-refractivity contribution in [3.8, 4) is 0 Å². The lowest BCUT2D eigenvalue weighted by molar-refractivity contribution is 0.808. The quantitative estimate of drug-likeness (QED) is 0.507. The predicted octanol–water partition coefficient (Wildman–Crippen LogP) is 0.0652. The van der Waals surface area contributed by atoms with Gasteiger partial charge in [0.05, 0.1) is 6.54 Å². The molecule has 0 saturated heterocycles. The van der Waals surface area contributed by atoms with Crippen molar-refractivity contribution in [1.82, 2.24) is 24.7 Å². The summed E-state index contributed by atoms with van der Waals surface area (Å²) in [6.07, 6.45) is 3.90. The van der Waals surface area contributed by atoms with Gasteiger partial charge in [-0.2, -0.15) is 0 Å². The molecule has 0 aliphatic rings. The van der Waals surface area contributed by atoms with Crippen molar-refractivity contribution in [1.29, 1.82) is 0 Å². The van der Waals surface area contributed by atoms with Gasteiger partial charge in [0.25, 0.3) is 0 Å². The summed E-state index contributed by atoms with van der Waals surface area (Å²) < 4.78 is 1.85. The van der Waals surface area contributed by atoms with E-state index in [1.807, 2.05) is 18.5 Å². The van der Waals surface area contributed by atoms with Crippen LogP contribution in [0.15, 0.2) is 12.7 Å². The van der Waals surface area contributed by atoms with Crippen LogP contribution in [0.3, 0.4) is 0 Å². The SMILES string of the molecule is CCc1c(NN)ncnc1NCc1nncn1C. The highest BCUT2D eigenvalue weighted by atomic mass is 15.3. The summed E-state index contributed by atoms with van der Waals surface area (Å²) in [4.78, 5) is 8.28. The minimum atomic E-state index is 0.546. The number of nitrogen functional groups attached to an aromatic ring is 1. The van der Waals surface area contributed by atoms with E-state index in [-0.39, 0.29) is 0 Å². The van der Waals surface area contributed by atoms with Gasteiger partial charge < -0.3 is 15.3 Å². The number of hydrogen-bond donors (Lipinski definition) is 3. The maximum atomic E-state index is 5.42. The molecule has 0 saturated carbocycles. The van der Waals surface area contributed by atoms with E-state index in [4.69, 9.17) is 5.84 Å². The number of hydrogen-bond acceptors (Lipinski definition) is 7. The highest BCUT2D eigenvalue weighted by Crippen LogP contribution is 2.19. The molecule has 2 rings (SSSR count). The first-order chi connectivity index (χ1) is 8.76. The highest BCUT2D eigenvalue weighted by Gasteiger charge is 2.09. The summed E-state index contributed by atoms with van der Waals surface area (Å²) in [7, 11) is 1.89. The fourth-order valence-electron chi connectivity index (χ4n) is 1.65. The van der Waals surface area contributed by atoms with Gasteiger partial charge in [0.1, 0.15) is 24.3 Å². The number of rotatable bonds is 5. The van der Waals surface area contributed by atoms with E-state index in [9.17, 15) is 0 Å². The maximum absolute atomic E-state index is 5.42. The van der Waals surface area contributed by atoms with Gasteiger partial charge in [-0.25, -0.2) is 15.8 Å². The van der Waals surface area contributed by atoms with Crippen LogP contribution < -0.4 is 16.6 Å². The lowest BCUT2D eigenvalue weighted by Gasteiger charge is -2.12. The van der Waals surface area contributed by atoms with Gasteiger partial charge in [-0.3, -0.25) is 0 Å². The first-order valence-electron chi connectivity index (χ1n) is 5.63. The van der Waals surface area contributed by atoms with E-state index < -0.39 is 0 Å². The van der Waals surface area contributed by atoms with Gasteiger partial charge in [-0.15, -0.1) is 10.2 Å². The molecule has 0 aliphatic heterocycles. The summed E-state index contributed by atoms with van der Waals surface area (Å²) in [6.45, 7) is 2.57. The number of nitrogens with zero attached hydrogens (tertiary/aromatic N) is 5. The lowest BCUT2D eigenvalue weighted by Crippen LogP contribution is -2.14. The van der Waals surface area contributed by atoms with E-state index >= 15 is 0 Å². The Morgan fingerprint density at radius 3 is 2.72 bits per heavy atom. The van der Waals surface area contributed by atoms with Crippen LogP contribution in [0.1, 0.15) is 18.3 Å². The molecule has 2 heterocycles. The van der Waals surface area contributed by atoms with Gasteiger partial charge in [0, 0.05) is 12.6 Å². The smallest absolute Gasteiger partial charge is 0.151 e. The van der Waals surface area contributed by atoms with E-state index in [0.29, 0.717) is 12.4 Å². The van der Waals surface area contributed by atoms with Gasteiger partial charge in [0.2, 0.25) is 0 Å². The number of hydrazine groups is 1. The molecule has 0 bridgehead atoms. The molecule has 8 nitrogen and oxygen atoms in total. The molecular formula is C10H16N8. The molecule has 0 aromatic carbocycles. The first kappa shape index (κ1) is 12.2. The third-order valence-electron chi connectivity index (χ3n) is 2.65. The van der Waals surface area contributed by atoms with E-state index in [1.165, 1.54) is 6.33 Å². The second kappa shape index (κ2) is 5.41. The van der Waals surface area contributed by atoms with Crippen molar-refractivity contribution in [2.45, 2.75) is 19.9 Å². The van der Waals surface area contributed by atoms with Gasteiger partial charge in [-0.05, 0) is 6.42 Å². The fourth-order valence-corrected chi connectivity index (χ4v) is 1.65. The Labute approximate surface area is 105 Å². The van der Waals surface area contributed by atoms with Gasteiger partial charge >= 0.3 is 0 Å².